The van der Waals surface area contributed by atoms with Crippen LogP contribution in [0.3, 0.4) is 0 Å². The molecule has 3 nitrogen and oxygen atoms in total. The maximum absolute atomic E-state index is 13.0. The topological polar surface area (TPSA) is 27.7 Å². The minimum atomic E-state index is -4.75. The van der Waals surface area contributed by atoms with Crippen molar-refractivity contribution in [3.63, 3.8) is 0 Å². The fourth-order valence-corrected chi connectivity index (χ4v) is 1.71. The third-order valence-corrected chi connectivity index (χ3v) is 2.20. The van der Waals surface area contributed by atoms with Gasteiger partial charge in [0.15, 0.2) is 13.2 Å². The fourth-order valence-electron chi connectivity index (χ4n) is 0.570. The van der Waals surface area contributed by atoms with Crippen LogP contribution in [0.1, 0.15) is 13.8 Å². The van der Waals surface area contributed by atoms with Gasteiger partial charge < -0.3 is 13.6 Å². The van der Waals surface area contributed by atoms with Crippen molar-refractivity contribution in [1.29, 1.82) is 0 Å². The predicted octanol–water partition coefficient (Wildman–Crippen LogP) is 4.14. The number of halogens is 7. The fraction of sp³-hybridized carbons (Fsp3) is 1.00. The van der Waals surface area contributed by atoms with E-state index in [1.165, 1.54) is 0 Å². The Balaban J connectivity index is 4.30. The highest BCUT2D eigenvalue weighted by Gasteiger charge is 2.35. The van der Waals surface area contributed by atoms with Gasteiger partial charge in [0, 0.05) is 0 Å². The highest BCUT2D eigenvalue weighted by molar-refractivity contribution is 7.41. The number of alkyl halides is 7. The second kappa shape index (κ2) is 7.01. The largest absolute Gasteiger partial charge is 0.412 e. The number of rotatable bonds is 7. The number of hydrogen-bond acceptors (Lipinski definition) is 3. The Kier molecular flexibility index (Phi) is 6.94. The lowest BCUT2D eigenvalue weighted by molar-refractivity contribution is -0.166. The van der Waals surface area contributed by atoms with E-state index >= 15 is 0 Å². The van der Waals surface area contributed by atoms with Gasteiger partial charge in [0.05, 0.1) is 6.61 Å². The molecular weight excluding hydrogens is 308 g/mol. The lowest BCUT2D eigenvalue weighted by Crippen LogP contribution is -2.22. The van der Waals surface area contributed by atoms with Crippen molar-refractivity contribution in [3.05, 3.63) is 0 Å². The summed E-state index contributed by atoms with van der Waals surface area (Å²) in [5.74, 6) is 0. The SMILES string of the molecule is CC(C)(F)COP(OCC(F)(F)F)OCC(F)(F)F. The minimum Gasteiger partial charge on any atom is -0.309 e. The molecule has 0 unspecified atom stereocenters. The van der Waals surface area contributed by atoms with E-state index in [1.807, 2.05) is 0 Å². The highest BCUT2D eigenvalue weighted by atomic mass is 31.2. The summed E-state index contributed by atoms with van der Waals surface area (Å²) in [4.78, 5) is 0. The molecule has 0 N–H and O–H groups in total. The van der Waals surface area contributed by atoms with Gasteiger partial charge in [-0.2, -0.15) is 26.3 Å². The quantitative estimate of drug-likeness (QED) is 0.521. The first-order valence-electron chi connectivity index (χ1n) is 4.80. The highest BCUT2D eigenvalue weighted by Crippen LogP contribution is 2.43. The summed E-state index contributed by atoms with van der Waals surface area (Å²) in [7, 11) is -2.93. The summed E-state index contributed by atoms with van der Waals surface area (Å²) in [5, 5.41) is 0. The maximum atomic E-state index is 13.0. The van der Waals surface area contributed by atoms with Crippen molar-refractivity contribution < 1.29 is 44.3 Å². The summed E-state index contributed by atoms with van der Waals surface area (Å²) in [6, 6.07) is 0. The van der Waals surface area contributed by atoms with Crippen molar-refractivity contribution >= 4 is 8.60 Å². The van der Waals surface area contributed by atoms with Gasteiger partial charge in [-0.3, -0.25) is 0 Å². The molecule has 0 aromatic heterocycles. The van der Waals surface area contributed by atoms with Gasteiger partial charge in [-0.05, 0) is 13.8 Å². The smallest absolute Gasteiger partial charge is 0.309 e. The molecule has 0 bridgehead atoms. The second-order valence-corrected chi connectivity index (χ2v) is 5.21. The standard InChI is InChI=1S/C8H12F7O3P/c1-6(2,9)3-16-19(17-4-7(10,11)12)18-5-8(13,14)15/h3-5H2,1-2H3. The van der Waals surface area contributed by atoms with Crippen molar-refractivity contribution in [1.82, 2.24) is 0 Å². The van der Waals surface area contributed by atoms with Crippen molar-refractivity contribution in [3.8, 4) is 0 Å². The molecule has 0 fully saturated rings. The van der Waals surface area contributed by atoms with E-state index in [0.717, 1.165) is 13.8 Å². The number of hydrogen-bond donors (Lipinski definition) is 0. The normalized spacial score (nSPS) is 14.2. The van der Waals surface area contributed by atoms with Crippen molar-refractivity contribution in [2.75, 3.05) is 19.8 Å². The zero-order valence-electron chi connectivity index (χ0n) is 9.94. The molecule has 0 atom stereocenters. The van der Waals surface area contributed by atoms with Crippen LogP contribution in [0.5, 0.6) is 0 Å². The monoisotopic (exact) mass is 320 g/mol. The maximum Gasteiger partial charge on any atom is 0.412 e. The van der Waals surface area contributed by atoms with Gasteiger partial charge in [0.2, 0.25) is 0 Å². The van der Waals surface area contributed by atoms with Crippen LogP contribution >= 0.6 is 8.60 Å². The second-order valence-electron chi connectivity index (χ2n) is 3.99. The van der Waals surface area contributed by atoms with Crippen LogP contribution in [0.4, 0.5) is 30.7 Å². The molecule has 0 saturated carbocycles. The van der Waals surface area contributed by atoms with E-state index in [9.17, 15) is 30.7 Å². The molecule has 0 saturated heterocycles. The molecule has 19 heavy (non-hydrogen) atoms. The molecule has 11 heteroatoms. The molecule has 0 aliphatic heterocycles. The molecule has 0 heterocycles. The Morgan fingerprint density at radius 3 is 1.26 bits per heavy atom. The van der Waals surface area contributed by atoms with E-state index in [2.05, 4.69) is 13.6 Å². The Hall–Kier alpha value is -0.180. The van der Waals surface area contributed by atoms with Gasteiger partial charge in [-0.1, -0.05) is 0 Å². The van der Waals surface area contributed by atoms with Crippen LogP contribution in [0, 0.1) is 0 Å². The van der Waals surface area contributed by atoms with Gasteiger partial charge >= 0.3 is 21.0 Å². The average Bonchev–Trinajstić information content (AvgIpc) is 2.11. The Bertz CT molecular complexity index is 218. The molecule has 0 aromatic rings. The third kappa shape index (κ3) is 14.0. The lowest BCUT2D eigenvalue weighted by atomic mass is 10.2. The summed E-state index contributed by atoms with van der Waals surface area (Å²) in [6.07, 6.45) is -9.51. The molecule has 0 amide bonds. The Morgan fingerprint density at radius 1 is 0.684 bits per heavy atom. The first-order valence-corrected chi connectivity index (χ1v) is 5.89. The molecule has 0 aromatic carbocycles. The van der Waals surface area contributed by atoms with Crippen molar-refractivity contribution in [2.45, 2.75) is 31.9 Å². The van der Waals surface area contributed by atoms with Crippen LogP contribution in [-0.4, -0.2) is 37.8 Å². The van der Waals surface area contributed by atoms with Gasteiger partial charge in [-0.15, -0.1) is 0 Å². The zero-order valence-corrected chi connectivity index (χ0v) is 10.8. The van der Waals surface area contributed by atoms with Crippen molar-refractivity contribution in [2.24, 2.45) is 0 Å². The van der Waals surface area contributed by atoms with Crippen LogP contribution in [0.2, 0.25) is 0 Å². The Morgan fingerprint density at radius 2 is 1.00 bits per heavy atom. The van der Waals surface area contributed by atoms with Gasteiger partial charge in [-0.25, -0.2) is 4.39 Å². The van der Waals surface area contributed by atoms with E-state index in [0.29, 0.717) is 0 Å². The third-order valence-electron chi connectivity index (χ3n) is 1.18. The van der Waals surface area contributed by atoms with Crippen LogP contribution in [0.15, 0.2) is 0 Å². The molecular formula is C8H12F7O3P. The average molecular weight is 320 g/mol. The summed E-state index contributed by atoms with van der Waals surface area (Å²) < 4.78 is 96.6. The predicted molar refractivity (Wildman–Crippen MR) is 52.1 cm³/mol. The Labute approximate surface area is 106 Å². The van der Waals surface area contributed by atoms with Crippen LogP contribution in [-0.2, 0) is 13.6 Å². The molecule has 0 spiro atoms. The minimum absolute atomic E-state index is 0.756. The van der Waals surface area contributed by atoms with E-state index in [1.54, 1.807) is 0 Å². The van der Waals surface area contributed by atoms with E-state index in [4.69, 9.17) is 0 Å². The molecule has 0 aliphatic rings. The summed E-state index contributed by atoms with van der Waals surface area (Å²) in [6.45, 7) is -2.37. The first-order chi connectivity index (χ1) is 8.29. The van der Waals surface area contributed by atoms with Crippen LogP contribution in [0.25, 0.3) is 0 Å². The molecule has 0 aliphatic carbocycles. The van der Waals surface area contributed by atoms with Crippen LogP contribution < -0.4 is 0 Å². The molecule has 116 valence electrons. The van der Waals surface area contributed by atoms with E-state index < -0.39 is 46.4 Å². The van der Waals surface area contributed by atoms with E-state index in [-0.39, 0.29) is 0 Å². The molecule has 0 rings (SSSR count). The van der Waals surface area contributed by atoms with Gasteiger partial charge in [0.1, 0.15) is 5.67 Å². The first kappa shape index (κ1) is 18.8. The molecule has 0 radical (unpaired) electrons. The van der Waals surface area contributed by atoms with Gasteiger partial charge in [0.25, 0.3) is 0 Å². The lowest BCUT2D eigenvalue weighted by Gasteiger charge is -2.21. The summed E-state index contributed by atoms with van der Waals surface area (Å²) in [5.41, 5.74) is -1.94. The summed E-state index contributed by atoms with van der Waals surface area (Å²) >= 11 is 0. The zero-order chi connectivity index (χ0) is 15.3.